The van der Waals surface area contributed by atoms with Crippen molar-refractivity contribution in [3.05, 3.63) is 18.2 Å². The van der Waals surface area contributed by atoms with E-state index in [1.807, 2.05) is 0 Å². The van der Waals surface area contributed by atoms with Gasteiger partial charge in [-0.1, -0.05) is 0 Å². The molecule has 25 heavy (non-hydrogen) atoms. The molecule has 0 fully saturated rings. The van der Waals surface area contributed by atoms with Gasteiger partial charge in [0.25, 0.3) is 0 Å². The van der Waals surface area contributed by atoms with Gasteiger partial charge in [-0.25, -0.2) is 13.1 Å². The number of ether oxygens (including phenoxy) is 2. The van der Waals surface area contributed by atoms with Crippen molar-refractivity contribution in [1.29, 1.82) is 0 Å². The molecule has 0 bridgehead atoms. The maximum Gasteiger partial charge on any atom is 0.240 e. The maximum absolute atomic E-state index is 12.2. The Morgan fingerprint density at radius 1 is 1.20 bits per heavy atom. The van der Waals surface area contributed by atoms with Crippen LogP contribution in [0.15, 0.2) is 23.1 Å². The lowest BCUT2D eigenvalue weighted by Crippen LogP contribution is -2.45. The average Bonchev–Trinajstić information content (AvgIpc) is 2.51. The fraction of sp³-hybridized carbons (Fsp3) is 0.533. The molecular formula is C15H26ClN3O5S. The number of rotatable bonds is 9. The first-order valence-corrected chi connectivity index (χ1v) is 8.84. The zero-order valence-corrected chi connectivity index (χ0v) is 16.4. The van der Waals surface area contributed by atoms with Gasteiger partial charge in [0.2, 0.25) is 15.9 Å². The Hall–Kier alpha value is -1.55. The number of methoxy groups -OCH3 is 2. The Morgan fingerprint density at radius 3 is 2.32 bits per heavy atom. The molecule has 0 saturated carbocycles. The number of nitrogens with two attached hydrogens (primary N) is 1. The summed E-state index contributed by atoms with van der Waals surface area (Å²) in [4.78, 5) is 11.7. The van der Waals surface area contributed by atoms with Crippen molar-refractivity contribution in [3.8, 4) is 11.5 Å². The minimum Gasteiger partial charge on any atom is -0.493 e. The molecule has 0 unspecified atom stereocenters. The van der Waals surface area contributed by atoms with Crippen LogP contribution in [-0.4, -0.2) is 47.2 Å². The Balaban J connectivity index is 0.00000576. The van der Waals surface area contributed by atoms with Gasteiger partial charge in [0.1, 0.15) is 0 Å². The Bertz CT molecular complexity index is 674. The molecule has 0 heterocycles. The highest BCUT2D eigenvalue weighted by atomic mass is 35.5. The zero-order chi connectivity index (χ0) is 18.4. The van der Waals surface area contributed by atoms with Crippen LogP contribution in [0.1, 0.15) is 20.3 Å². The van der Waals surface area contributed by atoms with Crippen molar-refractivity contribution >= 4 is 28.3 Å². The van der Waals surface area contributed by atoms with Gasteiger partial charge in [-0.2, -0.15) is 0 Å². The molecule has 0 aliphatic carbocycles. The van der Waals surface area contributed by atoms with Gasteiger partial charge in [0.05, 0.1) is 19.1 Å². The van der Waals surface area contributed by atoms with Crippen molar-refractivity contribution in [2.75, 3.05) is 27.3 Å². The summed E-state index contributed by atoms with van der Waals surface area (Å²) in [7, 11) is -0.862. The number of benzene rings is 1. The second kappa shape index (κ2) is 9.81. The predicted octanol–water partition coefficient (Wildman–Crippen LogP) is 0.648. The molecule has 0 atom stereocenters. The highest BCUT2D eigenvalue weighted by molar-refractivity contribution is 7.89. The van der Waals surface area contributed by atoms with Crippen LogP contribution in [0.3, 0.4) is 0 Å². The molecule has 1 aromatic rings. The minimum absolute atomic E-state index is 0. The van der Waals surface area contributed by atoms with Crippen LogP contribution >= 0.6 is 12.4 Å². The van der Waals surface area contributed by atoms with Gasteiger partial charge in [-0.3, -0.25) is 4.79 Å². The Labute approximate surface area is 154 Å². The summed E-state index contributed by atoms with van der Waals surface area (Å²) >= 11 is 0. The van der Waals surface area contributed by atoms with E-state index in [1.54, 1.807) is 13.8 Å². The monoisotopic (exact) mass is 395 g/mol. The molecule has 10 heteroatoms. The number of carbonyl (C=O) groups is 1. The topological polar surface area (TPSA) is 120 Å². The zero-order valence-electron chi connectivity index (χ0n) is 14.8. The third-order valence-electron chi connectivity index (χ3n) is 3.05. The van der Waals surface area contributed by atoms with Crippen LogP contribution < -0.4 is 25.2 Å². The molecular weight excluding hydrogens is 370 g/mol. The van der Waals surface area contributed by atoms with Crippen molar-refractivity contribution < 1.29 is 22.7 Å². The molecule has 1 amide bonds. The van der Waals surface area contributed by atoms with Crippen LogP contribution in [0.25, 0.3) is 0 Å². The second-order valence-electron chi connectivity index (χ2n) is 5.93. The number of hydrogen-bond donors (Lipinski definition) is 3. The summed E-state index contributed by atoms with van der Waals surface area (Å²) in [5, 5.41) is 2.65. The quantitative estimate of drug-likeness (QED) is 0.564. The van der Waals surface area contributed by atoms with Gasteiger partial charge in [0, 0.05) is 31.1 Å². The lowest BCUT2D eigenvalue weighted by Gasteiger charge is -2.18. The molecule has 4 N–H and O–H groups in total. The van der Waals surface area contributed by atoms with Gasteiger partial charge in [-0.05, 0) is 26.0 Å². The normalized spacial score (nSPS) is 11.4. The van der Waals surface area contributed by atoms with E-state index in [0.717, 1.165) is 0 Å². The summed E-state index contributed by atoms with van der Waals surface area (Å²) in [5.41, 5.74) is 5.24. The molecule has 0 aromatic heterocycles. The summed E-state index contributed by atoms with van der Waals surface area (Å²) in [6.07, 6.45) is 0.0165. The van der Waals surface area contributed by atoms with E-state index in [1.165, 1.54) is 32.4 Å². The maximum atomic E-state index is 12.2. The molecule has 0 spiro atoms. The number of carbonyl (C=O) groups excluding carboxylic acids is 1. The lowest BCUT2D eigenvalue weighted by molar-refractivity contribution is -0.121. The molecule has 0 aliphatic heterocycles. The molecule has 0 saturated heterocycles. The van der Waals surface area contributed by atoms with E-state index < -0.39 is 15.6 Å². The van der Waals surface area contributed by atoms with E-state index >= 15 is 0 Å². The highest BCUT2D eigenvalue weighted by Gasteiger charge is 2.17. The number of nitrogens with one attached hydrogen (secondary N) is 2. The van der Waals surface area contributed by atoms with E-state index in [0.29, 0.717) is 18.0 Å². The third-order valence-corrected chi connectivity index (χ3v) is 4.51. The lowest BCUT2D eigenvalue weighted by atomic mass is 10.1. The van der Waals surface area contributed by atoms with Crippen LogP contribution in [0, 0.1) is 0 Å². The molecule has 0 aliphatic rings. The van der Waals surface area contributed by atoms with Gasteiger partial charge < -0.3 is 20.5 Å². The van der Waals surface area contributed by atoms with E-state index in [4.69, 9.17) is 15.2 Å². The highest BCUT2D eigenvalue weighted by Crippen LogP contribution is 2.29. The molecule has 1 aromatic carbocycles. The van der Waals surface area contributed by atoms with Crippen LogP contribution in [0.2, 0.25) is 0 Å². The van der Waals surface area contributed by atoms with Crippen LogP contribution in [-0.2, 0) is 14.8 Å². The first-order valence-electron chi connectivity index (χ1n) is 7.36. The summed E-state index contributed by atoms with van der Waals surface area (Å²) < 4.78 is 37.0. The molecule has 1 rings (SSSR count). The molecule has 8 nitrogen and oxygen atoms in total. The van der Waals surface area contributed by atoms with E-state index in [-0.39, 0.29) is 36.2 Å². The average molecular weight is 396 g/mol. The van der Waals surface area contributed by atoms with Crippen molar-refractivity contribution in [3.63, 3.8) is 0 Å². The summed E-state index contributed by atoms with van der Waals surface area (Å²) in [6, 6.07) is 4.27. The van der Waals surface area contributed by atoms with Gasteiger partial charge in [-0.15, -0.1) is 12.4 Å². The number of sulfonamides is 1. The smallest absolute Gasteiger partial charge is 0.240 e. The van der Waals surface area contributed by atoms with E-state index in [9.17, 15) is 13.2 Å². The van der Waals surface area contributed by atoms with Crippen molar-refractivity contribution in [1.82, 2.24) is 10.0 Å². The first-order chi connectivity index (χ1) is 11.1. The largest absolute Gasteiger partial charge is 0.493 e. The van der Waals surface area contributed by atoms with Crippen molar-refractivity contribution in [2.24, 2.45) is 5.73 Å². The van der Waals surface area contributed by atoms with Crippen LogP contribution in [0.4, 0.5) is 0 Å². The fourth-order valence-corrected chi connectivity index (χ4v) is 2.83. The summed E-state index contributed by atoms with van der Waals surface area (Å²) in [6.45, 7) is 3.86. The second-order valence-corrected chi connectivity index (χ2v) is 7.70. The number of halogens is 1. The van der Waals surface area contributed by atoms with E-state index in [2.05, 4.69) is 10.0 Å². The molecule has 0 radical (unpaired) electrons. The minimum atomic E-state index is -3.75. The van der Waals surface area contributed by atoms with Gasteiger partial charge in [0.15, 0.2) is 11.5 Å². The van der Waals surface area contributed by atoms with Crippen LogP contribution in [0.5, 0.6) is 11.5 Å². The fourth-order valence-electron chi connectivity index (χ4n) is 1.78. The molecule has 144 valence electrons. The number of amides is 1. The first kappa shape index (κ1) is 23.4. The standard InChI is InChI=1S/C15H25N3O5S.ClH/c1-15(2,16)10-17-14(19)7-8-18-24(20,21)11-5-6-12(22-3)13(9-11)23-4;/h5-6,9,18H,7-8,10,16H2,1-4H3,(H,17,19);1H. The van der Waals surface area contributed by atoms with Gasteiger partial charge >= 0.3 is 0 Å². The Kier molecular flexibility index (Phi) is 9.20. The predicted molar refractivity (Wildman–Crippen MR) is 97.9 cm³/mol. The number of hydrogen-bond acceptors (Lipinski definition) is 6. The third kappa shape index (κ3) is 7.91. The van der Waals surface area contributed by atoms with Crippen molar-refractivity contribution in [2.45, 2.75) is 30.7 Å². The SMILES string of the molecule is COc1ccc(S(=O)(=O)NCCC(=O)NCC(C)(C)N)cc1OC.Cl. The summed E-state index contributed by atoms with van der Waals surface area (Å²) in [5.74, 6) is 0.465. The Morgan fingerprint density at radius 2 is 1.80 bits per heavy atom.